The van der Waals surface area contributed by atoms with E-state index in [9.17, 15) is 9.90 Å². The van der Waals surface area contributed by atoms with Crippen molar-refractivity contribution in [1.29, 1.82) is 0 Å². The van der Waals surface area contributed by atoms with Crippen LogP contribution in [-0.4, -0.2) is 30.8 Å². The lowest BCUT2D eigenvalue weighted by Gasteiger charge is -2.13. The number of rotatable bonds is 2. The third-order valence-electron chi connectivity index (χ3n) is 2.52. The Bertz CT molecular complexity index is 528. The number of aromatic amines is 1. The molecule has 0 aliphatic carbocycles. The van der Waals surface area contributed by atoms with Gasteiger partial charge in [0.25, 0.3) is 0 Å². The molecule has 6 nitrogen and oxygen atoms in total. The molecule has 80 valence electrons. The first-order valence-corrected chi connectivity index (χ1v) is 4.70. The number of aliphatic hydroxyl groups excluding tert-OH is 1. The molecule has 2 N–H and O–H groups in total. The highest BCUT2D eigenvalue weighted by molar-refractivity contribution is 5.37. The first kappa shape index (κ1) is 9.85. The minimum atomic E-state index is -0.481. The van der Waals surface area contributed by atoms with E-state index in [0.717, 1.165) is 5.69 Å². The molecule has 0 amide bonds. The molecule has 0 fully saturated rings. The number of hydrogen-bond donors (Lipinski definition) is 2. The molecule has 15 heavy (non-hydrogen) atoms. The van der Waals surface area contributed by atoms with Crippen LogP contribution in [0.2, 0.25) is 0 Å². The van der Waals surface area contributed by atoms with Crippen molar-refractivity contribution in [3.63, 3.8) is 0 Å². The number of nitrogens with zero attached hydrogens (tertiary/aromatic N) is 3. The Labute approximate surface area is 85.6 Å². The SMILES string of the molecule is CC(O)C(C)c1cc2n[nH]c(=O)n2cn1. The van der Waals surface area contributed by atoms with Crippen molar-refractivity contribution in [1.82, 2.24) is 19.6 Å². The van der Waals surface area contributed by atoms with E-state index in [2.05, 4.69) is 15.2 Å². The van der Waals surface area contributed by atoms with E-state index in [1.54, 1.807) is 13.0 Å². The van der Waals surface area contributed by atoms with Gasteiger partial charge in [-0.05, 0) is 6.92 Å². The van der Waals surface area contributed by atoms with Crippen molar-refractivity contribution in [3.05, 3.63) is 28.6 Å². The Morgan fingerprint density at radius 1 is 1.53 bits per heavy atom. The molecular formula is C9H12N4O2. The van der Waals surface area contributed by atoms with E-state index in [4.69, 9.17) is 0 Å². The summed E-state index contributed by atoms with van der Waals surface area (Å²) >= 11 is 0. The second kappa shape index (κ2) is 3.47. The smallest absolute Gasteiger partial charge is 0.348 e. The van der Waals surface area contributed by atoms with E-state index >= 15 is 0 Å². The van der Waals surface area contributed by atoms with Gasteiger partial charge in [0.15, 0.2) is 5.65 Å². The second-order valence-electron chi connectivity index (χ2n) is 3.60. The van der Waals surface area contributed by atoms with E-state index in [1.165, 1.54) is 10.7 Å². The van der Waals surface area contributed by atoms with Gasteiger partial charge in [0.1, 0.15) is 6.33 Å². The van der Waals surface area contributed by atoms with Crippen molar-refractivity contribution >= 4 is 5.65 Å². The predicted octanol–water partition coefficient (Wildman–Crippen LogP) is -0.0981. The Hall–Kier alpha value is -1.69. The quantitative estimate of drug-likeness (QED) is 0.722. The molecule has 0 aliphatic rings. The molecule has 2 aromatic rings. The minimum Gasteiger partial charge on any atom is -0.393 e. The van der Waals surface area contributed by atoms with Crippen molar-refractivity contribution in [3.8, 4) is 0 Å². The molecule has 2 unspecified atom stereocenters. The second-order valence-corrected chi connectivity index (χ2v) is 3.60. The van der Waals surface area contributed by atoms with Gasteiger partial charge in [-0.3, -0.25) is 0 Å². The standard InChI is InChI=1S/C9H12N4O2/c1-5(6(2)14)7-3-8-11-12-9(15)13(8)4-10-7/h3-6,14H,1-2H3,(H,12,15). The third kappa shape index (κ3) is 1.63. The summed E-state index contributed by atoms with van der Waals surface area (Å²) < 4.78 is 1.32. The summed E-state index contributed by atoms with van der Waals surface area (Å²) in [5.41, 5.74) is 0.919. The van der Waals surface area contributed by atoms with E-state index < -0.39 is 6.10 Å². The molecule has 0 saturated carbocycles. The fraction of sp³-hybridized carbons (Fsp3) is 0.444. The third-order valence-corrected chi connectivity index (χ3v) is 2.52. The zero-order valence-electron chi connectivity index (χ0n) is 8.51. The number of hydrogen-bond acceptors (Lipinski definition) is 4. The molecule has 0 saturated heterocycles. The summed E-state index contributed by atoms with van der Waals surface area (Å²) in [5, 5.41) is 15.6. The molecule has 2 atom stereocenters. The maximum absolute atomic E-state index is 11.1. The highest BCUT2D eigenvalue weighted by Gasteiger charge is 2.14. The van der Waals surface area contributed by atoms with Crippen molar-refractivity contribution in [2.24, 2.45) is 0 Å². The molecular weight excluding hydrogens is 196 g/mol. The van der Waals surface area contributed by atoms with Crippen molar-refractivity contribution < 1.29 is 5.11 Å². The van der Waals surface area contributed by atoms with Gasteiger partial charge in [-0.15, -0.1) is 0 Å². The lowest BCUT2D eigenvalue weighted by Crippen LogP contribution is -2.14. The average molecular weight is 208 g/mol. The first-order valence-electron chi connectivity index (χ1n) is 4.70. The van der Waals surface area contributed by atoms with E-state index in [1.807, 2.05) is 6.92 Å². The maximum atomic E-state index is 11.1. The lowest BCUT2D eigenvalue weighted by molar-refractivity contribution is 0.167. The first-order chi connectivity index (χ1) is 7.09. The van der Waals surface area contributed by atoms with Crippen LogP contribution < -0.4 is 5.69 Å². The molecule has 2 heterocycles. The van der Waals surface area contributed by atoms with Crippen LogP contribution >= 0.6 is 0 Å². The van der Waals surface area contributed by atoms with Crippen LogP contribution in [0, 0.1) is 0 Å². The van der Waals surface area contributed by atoms with Gasteiger partial charge in [0, 0.05) is 12.0 Å². The van der Waals surface area contributed by atoms with E-state index in [0.29, 0.717) is 5.65 Å². The molecule has 0 radical (unpaired) electrons. The molecule has 2 aromatic heterocycles. The predicted molar refractivity (Wildman–Crippen MR) is 53.7 cm³/mol. The number of aliphatic hydroxyl groups is 1. The van der Waals surface area contributed by atoms with Crippen molar-refractivity contribution in [2.45, 2.75) is 25.9 Å². The zero-order valence-corrected chi connectivity index (χ0v) is 8.51. The summed E-state index contributed by atoms with van der Waals surface area (Å²) in [6.45, 7) is 3.57. The van der Waals surface area contributed by atoms with Gasteiger partial charge in [-0.1, -0.05) is 6.92 Å². The summed E-state index contributed by atoms with van der Waals surface area (Å²) in [6.07, 6.45) is 0.931. The van der Waals surface area contributed by atoms with Crippen LogP contribution in [0.4, 0.5) is 0 Å². The van der Waals surface area contributed by atoms with Gasteiger partial charge >= 0.3 is 5.69 Å². The number of nitrogens with one attached hydrogen (secondary N) is 1. The number of H-pyrrole nitrogens is 1. The molecule has 0 aromatic carbocycles. The topological polar surface area (TPSA) is 83.3 Å². The fourth-order valence-corrected chi connectivity index (χ4v) is 1.32. The number of fused-ring (bicyclic) bond motifs is 1. The van der Waals surface area contributed by atoms with Crippen molar-refractivity contribution in [2.75, 3.05) is 0 Å². The van der Waals surface area contributed by atoms with Gasteiger partial charge in [0.2, 0.25) is 0 Å². The number of aromatic nitrogens is 4. The Kier molecular flexibility index (Phi) is 2.28. The largest absolute Gasteiger partial charge is 0.393 e. The lowest BCUT2D eigenvalue weighted by atomic mass is 10.0. The molecule has 0 spiro atoms. The maximum Gasteiger partial charge on any atom is 0.348 e. The summed E-state index contributed by atoms with van der Waals surface area (Å²) in [5.74, 6) is -0.0817. The Morgan fingerprint density at radius 3 is 2.93 bits per heavy atom. The van der Waals surface area contributed by atoms with Gasteiger partial charge in [-0.25, -0.2) is 19.3 Å². The summed E-state index contributed by atoms with van der Waals surface area (Å²) in [7, 11) is 0. The van der Waals surface area contributed by atoms with Crippen LogP contribution in [0.3, 0.4) is 0 Å². The van der Waals surface area contributed by atoms with Crippen LogP contribution in [0.1, 0.15) is 25.5 Å². The normalized spacial score (nSPS) is 15.4. The van der Waals surface area contributed by atoms with Gasteiger partial charge < -0.3 is 5.11 Å². The van der Waals surface area contributed by atoms with Gasteiger partial charge in [-0.2, -0.15) is 5.10 Å². The monoisotopic (exact) mass is 208 g/mol. The van der Waals surface area contributed by atoms with Crippen LogP contribution in [0.25, 0.3) is 5.65 Å². The minimum absolute atomic E-state index is 0.0817. The highest BCUT2D eigenvalue weighted by Crippen LogP contribution is 2.16. The van der Waals surface area contributed by atoms with Gasteiger partial charge in [0.05, 0.1) is 11.8 Å². The van der Waals surface area contributed by atoms with Crippen LogP contribution in [0.15, 0.2) is 17.2 Å². The Morgan fingerprint density at radius 2 is 2.27 bits per heavy atom. The van der Waals surface area contributed by atoms with Crippen LogP contribution in [-0.2, 0) is 0 Å². The molecule has 0 bridgehead atoms. The summed E-state index contributed by atoms with van der Waals surface area (Å²) in [4.78, 5) is 15.3. The highest BCUT2D eigenvalue weighted by atomic mass is 16.3. The molecule has 2 rings (SSSR count). The molecule has 6 heteroatoms. The fourth-order valence-electron chi connectivity index (χ4n) is 1.32. The van der Waals surface area contributed by atoms with E-state index in [-0.39, 0.29) is 11.6 Å². The summed E-state index contributed by atoms with van der Waals surface area (Å²) in [6, 6.07) is 1.69. The molecule has 0 aliphatic heterocycles. The van der Waals surface area contributed by atoms with Crippen LogP contribution in [0.5, 0.6) is 0 Å². The Balaban J connectivity index is 2.52. The zero-order chi connectivity index (χ0) is 11.0. The average Bonchev–Trinajstić information content (AvgIpc) is 2.59.